The molecule has 19 heavy (non-hydrogen) atoms. The molecule has 0 aromatic carbocycles. The Hall–Kier alpha value is -1.63. The van der Waals surface area contributed by atoms with E-state index in [4.69, 9.17) is 9.52 Å². The fourth-order valence-corrected chi connectivity index (χ4v) is 2.70. The van der Waals surface area contributed by atoms with E-state index < -0.39 is 5.97 Å². The predicted octanol–water partition coefficient (Wildman–Crippen LogP) is 1.63. The van der Waals surface area contributed by atoms with Crippen molar-refractivity contribution < 1.29 is 19.1 Å². The molecule has 2 rings (SSSR count). The Labute approximate surface area is 115 Å². The lowest BCUT2D eigenvalue weighted by molar-refractivity contribution is 0.0660. The molecular formula is C12H16N2O4S. The molecule has 0 bridgehead atoms. The lowest BCUT2D eigenvalue weighted by Gasteiger charge is -2.20. The third-order valence-corrected chi connectivity index (χ3v) is 3.84. The number of furan rings is 1. The van der Waals surface area contributed by atoms with Gasteiger partial charge in [-0.2, -0.15) is 11.8 Å². The van der Waals surface area contributed by atoms with Gasteiger partial charge in [0.2, 0.25) is 5.76 Å². The maximum Gasteiger partial charge on any atom is 0.371 e. The lowest BCUT2D eigenvalue weighted by atomic mass is 10.4. The second-order valence-corrected chi connectivity index (χ2v) is 5.41. The summed E-state index contributed by atoms with van der Waals surface area (Å²) in [5.41, 5.74) is 0. The monoisotopic (exact) mass is 284 g/mol. The summed E-state index contributed by atoms with van der Waals surface area (Å²) in [7, 11) is 0. The lowest BCUT2D eigenvalue weighted by Crippen LogP contribution is -2.40. The maximum absolute atomic E-state index is 11.9. The van der Waals surface area contributed by atoms with Crippen molar-refractivity contribution in [2.24, 2.45) is 0 Å². The van der Waals surface area contributed by atoms with Gasteiger partial charge in [-0.3, -0.25) is 0 Å². The molecular weight excluding hydrogens is 268 g/mol. The Morgan fingerprint density at radius 2 is 2.21 bits per heavy atom. The molecule has 6 nitrogen and oxygen atoms in total. The summed E-state index contributed by atoms with van der Waals surface area (Å²) in [6.07, 6.45) is 1.00. The van der Waals surface area contributed by atoms with E-state index in [1.807, 2.05) is 11.8 Å². The van der Waals surface area contributed by atoms with E-state index in [9.17, 15) is 9.59 Å². The number of hydrogen-bond donors (Lipinski definition) is 2. The Bertz CT molecular complexity index is 452. The largest absolute Gasteiger partial charge is 0.475 e. The number of thioether (sulfide) groups is 1. The van der Waals surface area contributed by atoms with Gasteiger partial charge in [0.15, 0.2) is 0 Å². The predicted molar refractivity (Wildman–Crippen MR) is 71.4 cm³/mol. The third-order valence-electron chi connectivity index (χ3n) is 2.80. The first-order valence-electron chi connectivity index (χ1n) is 6.09. The van der Waals surface area contributed by atoms with E-state index in [2.05, 4.69) is 5.32 Å². The van der Waals surface area contributed by atoms with Crippen molar-refractivity contribution in [3.05, 3.63) is 23.7 Å². The molecule has 1 saturated heterocycles. The molecule has 2 heterocycles. The number of rotatable bonds is 3. The number of carboxylic acid groups (broad SMARTS) is 1. The number of amides is 2. The molecule has 0 radical (unpaired) electrons. The topological polar surface area (TPSA) is 82.8 Å². The molecule has 2 N–H and O–H groups in total. The van der Waals surface area contributed by atoms with Crippen LogP contribution in [0.5, 0.6) is 0 Å². The summed E-state index contributed by atoms with van der Waals surface area (Å²) < 4.78 is 5.07. The minimum Gasteiger partial charge on any atom is -0.475 e. The van der Waals surface area contributed by atoms with E-state index in [1.165, 1.54) is 6.07 Å². The highest BCUT2D eigenvalue weighted by molar-refractivity contribution is 7.99. The molecule has 1 aromatic heterocycles. The van der Waals surface area contributed by atoms with E-state index in [0.717, 1.165) is 31.0 Å². The van der Waals surface area contributed by atoms with Gasteiger partial charge in [-0.1, -0.05) is 0 Å². The van der Waals surface area contributed by atoms with Crippen LogP contribution < -0.4 is 5.32 Å². The fraction of sp³-hybridized carbons (Fsp3) is 0.500. The number of aromatic carboxylic acids is 1. The van der Waals surface area contributed by atoms with Crippen molar-refractivity contribution in [2.45, 2.75) is 13.0 Å². The molecule has 7 heteroatoms. The maximum atomic E-state index is 11.9. The van der Waals surface area contributed by atoms with Crippen LogP contribution in [0.4, 0.5) is 4.79 Å². The number of hydrogen-bond acceptors (Lipinski definition) is 4. The highest BCUT2D eigenvalue weighted by Gasteiger charge is 2.16. The van der Waals surface area contributed by atoms with Crippen LogP contribution in [0.1, 0.15) is 22.7 Å². The highest BCUT2D eigenvalue weighted by atomic mass is 32.2. The van der Waals surface area contributed by atoms with Gasteiger partial charge in [0.1, 0.15) is 5.76 Å². The summed E-state index contributed by atoms with van der Waals surface area (Å²) in [4.78, 5) is 24.3. The van der Waals surface area contributed by atoms with Gasteiger partial charge in [0.25, 0.3) is 0 Å². The minimum absolute atomic E-state index is 0.115. The summed E-state index contributed by atoms with van der Waals surface area (Å²) >= 11 is 1.85. The van der Waals surface area contributed by atoms with Crippen LogP contribution in [0.25, 0.3) is 0 Å². The standard InChI is InChI=1S/C12H16N2O4S/c15-11(16)10-3-2-9(18-10)8-13-12(17)14-4-1-6-19-7-5-14/h2-3H,1,4-8H2,(H,13,17)(H,15,16). The van der Waals surface area contributed by atoms with E-state index >= 15 is 0 Å². The van der Waals surface area contributed by atoms with E-state index in [0.29, 0.717) is 5.76 Å². The normalized spacial score (nSPS) is 15.9. The minimum atomic E-state index is -1.11. The second-order valence-electron chi connectivity index (χ2n) is 4.18. The van der Waals surface area contributed by atoms with Crippen LogP contribution in [-0.2, 0) is 6.54 Å². The van der Waals surface area contributed by atoms with Crippen LogP contribution >= 0.6 is 11.8 Å². The Morgan fingerprint density at radius 3 is 2.95 bits per heavy atom. The van der Waals surface area contributed by atoms with Crippen LogP contribution in [0, 0.1) is 0 Å². The average Bonchev–Trinajstić information content (AvgIpc) is 2.70. The summed E-state index contributed by atoms with van der Waals surface area (Å²) in [6, 6.07) is 2.81. The van der Waals surface area contributed by atoms with E-state index in [-0.39, 0.29) is 18.3 Å². The Balaban J connectivity index is 1.83. The fourth-order valence-electron chi connectivity index (χ4n) is 1.81. The van der Waals surface area contributed by atoms with Crippen molar-refractivity contribution in [3.8, 4) is 0 Å². The van der Waals surface area contributed by atoms with Crippen molar-refractivity contribution >= 4 is 23.8 Å². The van der Waals surface area contributed by atoms with Gasteiger partial charge in [0, 0.05) is 18.8 Å². The van der Waals surface area contributed by atoms with Crippen LogP contribution in [0.3, 0.4) is 0 Å². The second kappa shape index (κ2) is 6.51. The molecule has 0 saturated carbocycles. The Kier molecular flexibility index (Phi) is 4.73. The van der Waals surface area contributed by atoms with Crippen molar-refractivity contribution in [1.82, 2.24) is 10.2 Å². The van der Waals surface area contributed by atoms with Crippen molar-refractivity contribution in [2.75, 3.05) is 24.6 Å². The molecule has 1 fully saturated rings. The number of urea groups is 1. The third kappa shape index (κ3) is 3.92. The van der Waals surface area contributed by atoms with E-state index in [1.54, 1.807) is 11.0 Å². The van der Waals surface area contributed by atoms with Gasteiger partial charge < -0.3 is 19.7 Å². The highest BCUT2D eigenvalue weighted by Crippen LogP contribution is 2.11. The first-order chi connectivity index (χ1) is 9.16. The summed E-state index contributed by atoms with van der Waals surface area (Å²) in [5.74, 6) is 1.26. The molecule has 1 aliphatic heterocycles. The van der Waals surface area contributed by atoms with Gasteiger partial charge in [-0.15, -0.1) is 0 Å². The zero-order valence-electron chi connectivity index (χ0n) is 10.4. The molecule has 0 spiro atoms. The molecule has 1 aromatic rings. The van der Waals surface area contributed by atoms with Gasteiger partial charge in [0.05, 0.1) is 6.54 Å². The molecule has 2 amide bonds. The van der Waals surface area contributed by atoms with Crippen molar-refractivity contribution in [3.63, 3.8) is 0 Å². The zero-order valence-corrected chi connectivity index (χ0v) is 11.2. The molecule has 1 aliphatic rings. The Morgan fingerprint density at radius 1 is 1.37 bits per heavy atom. The molecule has 104 valence electrons. The molecule has 0 unspecified atom stereocenters. The van der Waals surface area contributed by atoms with Gasteiger partial charge >= 0.3 is 12.0 Å². The number of nitrogens with zero attached hydrogens (tertiary/aromatic N) is 1. The quantitative estimate of drug-likeness (QED) is 0.881. The van der Waals surface area contributed by atoms with Gasteiger partial charge in [-0.25, -0.2) is 9.59 Å². The first kappa shape index (κ1) is 13.8. The number of carboxylic acids is 1. The van der Waals surface area contributed by atoms with Crippen LogP contribution in [0.2, 0.25) is 0 Å². The average molecular weight is 284 g/mol. The first-order valence-corrected chi connectivity index (χ1v) is 7.25. The molecule has 0 atom stereocenters. The number of carbonyl (C=O) groups is 2. The van der Waals surface area contributed by atoms with Crippen LogP contribution in [-0.4, -0.2) is 46.6 Å². The SMILES string of the molecule is O=C(O)c1ccc(CNC(=O)N2CCCSCC2)o1. The van der Waals surface area contributed by atoms with Gasteiger partial charge in [-0.05, 0) is 24.3 Å². The summed E-state index contributed by atoms with van der Waals surface area (Å²) in [5, 5.41) is 11.5. The molecule has 0 aliphatic carbocycles. The number of nitrogens with one attached hydrogen (secondary N) is 1. The summed E-state index contributed by atoms with van der Waals surface area (Å²) in [6.45, 7) is 1.71. The van der Waals surface area contributed by atoms with Crippen LogP contribution in [0.15, 0.2) is 16.5 Å². The zero-order chi connectivity index (χ0) is 13.7. The van der Waals surface area contributed by atoms with Crippen molar-refractivity contribution in [1.29, 1.82) is 0 Å². The number of carbonyl (C=O) groups excluding carboxylic acids is 1. The smallest absolute Gasteiger partial charge is 0.371 e.